The summed E-state index contributed by atoms with van der Waals surface area (Å²) < 4.78 is 5.19. The minimum Gasteiger partial charge on any atom is -0.432 e. The molecule has 4 heteroatoms. The lowest BCUT2D eigenvalue weighted by atomic mass is 10.2. The van der Waals surface area contributed by atoms with Gasteiger partial charge in [0.25, 0.3) is 6.01 Å². The summed E-state index contributed by atoms with van der Waals surface area (Å²) in [6.45, 7) is 1.95. The maximum absolute atomic E-state index is 5.61. The quantitative estimate of drug-likeness (QED) is 0.721. The van der Waals surface area contributed by atoms with E-state index in [1.54, 1.807) is 6.26 Å². The van der Waals surface area contributed by atoms with Crippen LogP contribution in [0.5, 0.6) is 0 Å². The van der Waals surface area contributed by atoms with Gasteiger partial charge < -0.3 is 15.1 Å². The molecule has 0 aliphatic heterocycles. The largest absolute Gasteiger partial charge is 0.432 e. The number of oxazole rings is 1. The molecule has 0 fully saturated rings. The molecule has 0 aliphatic carbocycles. The molecule has 12 heavy (non-hydrogen) atoms. The van der Waals surface area contributed by atoms with Gasteiger partial charge in [-0.3, -0.25) is 0 Å². The molecule has 1 atom stereocenters. The molecule has 0 saturated heterocycles. The van der Waals surface area contributed by atoms with Crippen molar-refractivity contribution < 1.29 is 4.42 Å². The number of anilines is 1. The number of nitrogens with zero attached hydrogens (tertiary/aromatic N) is 2. The second-order valence-corrected chi connectivity index (χ2v) is 3.20. The van der Waals surface area contributed by atoms with Crippen LogP contribution in [0.25, 0.3) is 0 Å². The molecule has 1 rings (SSSR count). The Hall–Kier alpha value is -1.03. The second kappa shape index (κ2) is 3.58. The van der Waals surface area contributed by atoms with Crippen molar-refractivity contribution in [1.82, 2.24) is 4.98 Å². The zero-order chi connectivity index (χ0) is 9.14. The van der Waals surface area contributed by atoms with Crippen molar-refractivity contribution in [3.05, 3.63) is 12.0 Å². The third-order valence-corrected chi connectivity index (χ3v) is 1.45. The Bertz CT molecular complexity index is 242. The third-order valence-electron chi connectivity index (χ3n) is 1.45. The highest BCUT2D eigenvalue weighted by molar-refractivity contribution is 5.23. The van der Waals surface area contributed by atoms with E-state index in [0.29, 0.717) is 6.01 Å². The normalized spacial score (nSPS) is 13.0. The fourth-order valence-corrected chi connectivity index (χ4v) is 0.925. The number of aromatic nitrogens is 1. The molecule has 1 heterocycles. The lowest BCUT2D eigenvalue weighted by Crippen LogP contribution is -2.18. The van der Waals surface area contributed by atoms with Gasteiger partial charge in [0, 0.05) is 26.6 Å². The fraction of sp³-hybridized carbons (Fsp3) is 0.625. The smallest absolute Gasteiger partial charge is 0.296 e. The van der Waals surface area contributed by atoms with Gasteiger partial charge in [0.15, 0.2) is 0 Å². The molecule has 0 saturated carbocycles. The zero-order valence-electron chi connectivity index (χ0n) is 7.74. The van der Waals surface area contributed by atoms with E-state index in [2.05, 4.69) is 4.98 Å². The van der Waals surface area contributed by atoms with Crippen LogP contribution in [0, 0.1) is 0 Å². The average Bonchev–Trinajstić information content (AvgIpc) is 2.34. The van der Waals surface area contributed by atoms with Crippen molar-refractivity contribution >= 4 is 6.01 Å². The van der Waals surface area contributed by atoms with Crippen LogP contribution in [0.4, 0.5) is 6.01 Å². The number of hydrogen-bond donors (Lipinski definition) is 1. The maximum atomic E-state index is 5.61. The average molecular weight is 169 g/mol. The first kappa shape index (κ1) is 9.06. The first-order chi connectivity index (χ1) is 5.59. The van der Waals surface area contributed by atoms with E-state index in [9.17, 15) is 0 Å². The Morgan fingerprint density at radius 2 is 2.33 bits per heavy atom. The molecule has 2 N–H and O–H groups in total. The van der Waals surface area contributed by atoms with E-state index in [0.717, 1.165) is 12.1 Å². The third kappa shape index (κ3) is 2.23. The highest BCUT2D eigenvalue weighted by Gasteiger charge is 2.06. The van der Waals surface area contributed by atoms with E-state index >= 15 is 0 Å². The number of nitrogens with two attached hydrogens (primary N) is 1. The minimum atomic E-state index is 0.130. The van der Waals surface area contributed by atoms with Gasteiger partial charge in [-0.2, -0.15) is 4.98 Å². The lowest BCUT2D eigenvalue weighted by Gasteiger charge is -2.03. The van der Waals surface area contributed by atoms with Crippen molar-refractivity contribution in [2.45, 2.75) is 19.4 Å². The van der Waals surface area contributed by atoms with Crippen molar-refractivity contribution in [3.8, 4) is 0 Å². The fourth-order valence-electron chi connectivity index (χ4n) is 0.925. The van der Waals surface area contributed by atoms with Gasteiger partial charge in [-0.25, -0.2) is 0 Å². The van der Waals surface area contributed by atoms with E-state index in [-0.39, 0.29) is 6.04 Å². The summed E-state index contributed by atoms with van der Waals surface area (Å²) in [4.78, 5) is 6.05. The Balaban J connectivity index is 2.64. The summed E-state index contributed by atoms with van der Waals surface area (Å²) in [5, 5.41) is 0. The second-order valence-electron chi connectivity index (χ2n) is 3.20. The first-order valence-corrected chi connectivity index (χ1v) is 3.97. The molecule has 1 aromatic heterocycles. The molecule has 0 bridgehead atoms. The number of hydrogen-bond acceptors (Lipinski definition) is 4. The van der Waals surface area contributed by atoms with Crippen LogP contribution in [-0.2, 0) is 6.42 Å². The van der Waals surface area contributed by atoms with Gasteiger partial charge >= 0.3 is 0 Å². The summed E-state index contributed by atoms with van der Waals surface area (Å²) in [5.41, 5.74) is 6.53. The SMILES string of the molecule is CC(N)Cc1coc(N(C)C)n1. The molecule has 1 unspecified atom stereocenters. The van der Waals surface area contributed by atoms with Gasteiger partial charge in [0.1, 0.15) is 6.26 Å². The van der Waals surface area contributed by atoms with Crippen molar-refractivity contribution in [2.75, 3.05) is 19.0 Å². The van der Waals surface area contributed by atoms with Crippen molar-refractivity contribution in [1.29, 1.82) is 0 Å². The van der Waals surface area contributed by atoms with E-state index < -0.39 is 0 Å². The molecule has 0 radical (unpaired) electrons. The Morgan fingerprint density at radius 1 is 1.67 bits per heavy atom. The van der Waals surface area contributed by atoms with E-state index in [1.807, 2.05) is 25.9 Å². The van der Waals surface area contributed by atoms with Gasteiger partial charge in [0.05, 0.1) is 5.69 Å². The van der Waals surface area contributed by atoms with Crippen molar-refractivity contribution in [3.63, 3.8) is 0 Å². The van der Waals surface area contributed by atoms with Crippen LogP contribution in [0.1, 0.15) is 12.6 Å². The van der Waals surface area contributed by atoms with Crippen LogP contribution >= 0.6 is 0 Å². The summed E-state index contributed by atoms with van der Waals surface area (Å²) in [6.07, 6.45) is 2.41. The van der Waals surface area contributed by atoms with Crippen LogP contribution in [0.3, 0.4) is 0 Å². The molecule has 0 aliphatic rings. The Kier molecular flexibility index (Phi) is 2.70. The highest BCUT2D eigenvalue weighted by Crippen LogP contribution is 2.10. The topological polar surface area (TPSA) is 55.3 Å². The molecule has 4 nitrogen and oxygen atoms in total. The zero-order valence-corrected chi connectivity index (χ0v) is 7.74. The van der Waals surface area contributed by atoms with Crippen molar-refractivity contribution in [2.24, 2.45) is 5.73 Å². The predicted octanol–water partition coefficient (Wildman–Crippen LogP) is 0.630. The Labute approximate surface area is 72.4 Å². The van der Waals surface area contributed by atoms with Gasteiger partial charge in [-0.1, -0.05) is 0 Å². The molecule has 68 valence electrons. The summed E-state index contributed by atoms with van der Waals surface area (Å²) in [6, 6.07) is 0.760. The predicted molar refractivity (Wildman–Crippen MR) is 48.2 cm³/mol. The molecule has 1 aromatic rings. The van der Waals surface area contributed by atoms with Crippen LogP contribution in [0.15, 0.2) is 10.7 Å². The minimum absolute atomic E-state index is 0.130. The highest BCUT2D eigenvalue weighted by atomic mass is 16.4. The Morgan fingerprint density at radius 3 is 2.75 bits per heavy atom. The molecule has 0 amide bonds. The van der Waals surface area contributed by atoms with Gasteiger partial charge in [-0.05, 0) is 6.92 Å². The monoisotopic (exact) mass is 169 g/mol. The first-order valence-electron chi connectivity index (χ1n) is 3.97. The van der Waals surface area contributed by atoms with Gasteiger partial charge in [-0.15, -0.1) is 0 Å². The summed E-state index contributed by atoms with van der Waals surface area (Å²) >= 11 is 0. The molecule has 0 spiro atoms. The summed E-state index contributed by atoms with van der Waals surface area (Å²) in [5.74, 6) is 0. The molecular formula is C8H15N3O. The van der Waals surface area contributed by atoms with Crippen LogP contribution in [-0.4, -0.2) is 25.1 Å². The van der Waals surface area contributed by atoms with Gasteiger partial charge in [0.2, 0.25) is 0 Å². The molecule has 0 aromatic carbocycles. The van der Waals surface area contributed by atoms with Crippen LogP contribution in [0.2, 0.25) is 0 Å². The summed E-state index contributed by atoms with van der Waals surface area (Å²) in [7, 11) is 3.78. The van der Waals surface area contributed by atoms with E-state index in [1.165, 1.54) is 0 Å². The lowest BCUT2D eigenvalue weighted by molar-refractivity contribution is 0.553. The number of rotatable bonds is 3. The van der Waals surface area contributed by atoms with E-state index in [4.69, 9.17) is 10.2 Å². The maximum Gasteiger partial charge on any atom is 0.296 e. The van der Waals surface area contributed by atoms with Crippen LogP contribution < -0.4 is 10.6 Å². The molecular weight excluding hydrogens is 154 g/mol. The standard InChI is InChI=1S/C8H15N3O/c1-6(9)4-7-5-12-8(10-7)11(2)3/h5-6H,4,9H2,1-3H3.